The number of carbonyl (C=O) groups is 1. The van der Waals surface area contributed by atoms with E-state index in [9.17, 15) is 18.0 Å². The largest absolute Gasteiger partial charge is 0.494 e. The second-order valence-corrected chi connectivity index (χ2v) is 10.1. The van der Waals surface area contributed by atoms with E-state index in [0.29, 0.717) is 23.8 Å². The number of aromatic amines is 1. The Hall–Kier alpha value is -4.36. The zero-order chi connectivity index (χ0) is 30.1. The van der Waals surface area contributed by atoms with Crippen molar-refractivity contribution in [1.29, 1.82) is 0 Å². The molecule has 0 saturated carbocycles. The standard InChI is InChI=1S/C28H26F6N6O2/c1-40-16-21(19-7-3-4-8-22(19)40)20-15-26(28(32,33)34,35-25(41)23(20)24-36-38-39-37-24)17-9-11-18(12-10-17)42-14-6-2-5-13-27(29,30)31/h3-4,7-12,16H,2,5-6,13-15H2,1H3,(H,35,41)(H,36,37,38,39)/t26-/m0/s1. The maximum Gasteiger partial charge on any atom is 0.416 e. The van der Waals surface area contributed by atoms with Crippen LogP contribution < -0.4 is 10.1 Å². The Kier molecular flexibility index (Phi) is 7.73. The molecule has 4 aromatic rings. The van der Waals surface area contributed by atoms with Crippen molar-refractivity contribution in [3.05, 3.63) is 71.7 Å². The Morgan fingerprint density at radius 3 is 2.40 bits per heavy atom. The number of aryl methyl sites for hydroxylation is 1. The molecule has 1 atom stereocenters. The molecule has 0 spiro atoms. The van der Waals surface area contributed by atoms with Crippen LogP contribution in [0.2, 0.25) is 0 Å². The Labute approximate surface area is 235 Å². The molecule has 0 aliphatic carbocycles. The molecule has 8 nitrogen and oxygen atoms in total. The fourth-order valence-electron chi connectivity index (χ4n) is 5.26. The van der Waals surface area contributed by atoms with Gasteiger partial charge in [0.1, 0.15) is 5.75 Å². The lowest BCUT2D eigenvalue weighted by molar-refractivity contribution is -0.201. The molecule has 0 unspecified atom stereocenters. The Morgan fingerprint density at radius 1 is 1.00 bits per heavy atom. The van der Waals surface area contributed by atoms with Crippen molar-refractivity contribution in [2.75, 3.05) is 6.61 Å². The van der Waals surface area contributed by atoms with Crippen molar-refractivity contribution in [1.82, 2.24) is 30.5 Å². The van der Waals surface area contributed by atoms with Crippen molar-refractivity contribution in [3.8, 4) is 5.75 Å². The van der Waals surface area contributed by atoms with Crippen LogP contribution in [0.3, 0.4) is 0 Å². The van der Waals surface area contributed by atoms with Gasteiger partial charge in [-0.25, -0.2) is 5.10 Å². The molecule has 2 N–H and O–H groups in total. The number of alkyl halides is 6. The van der Waals surface area contributed by atoms with Gasteiger partial charge in [-0.1, -0.05) is 30.3 Å². The van der Waals surface area contributed by atoms with Crippen LogP contribution in [0.15, 0.2) is 54.7 Å². The minimum absolute atomic E-state index is 0.0295. The van der Waals surface area contributed by atoms with E-state index < -0.39 is 36.6 Å². The zero-order valence-electron chi connectivity index (χ0n) is 22.3. The summed E-state index contributed by atoms with van der Waals surface area (Å²) in [6.45, 7) is 0.112. The van der Waals surface area contributed by atoms with Crippen molar-refractivity contribution in [3.63, 3.8) is 0 Å². The van der Waals surface area contributed by atoms with Crippen LogP contribution in [0.25, 0.3) is 22.0 Å². The average Bonchev–Trinajstić information content (AvgIpc) is 3.58. The highest BCUT2D eigenvalue weighted by Gasteiger charge is 2.60. The van der Waals surface area contributed by atoms with Gasteiger partial charge in [-0.2, -0.15) is 26.3 Å². The number of nitrogens with one attached hydrogen (secondary N) is 2. The quantitative estimate of drug-likeness (QED) is 0.181. The van der Waals surface area contributed by atoms with E-state index in [0.717, 1.165) is 5.52 Å². The molecular weight excluding hydrogens is 566 g/mol. The van der Waals surface area contributed by atoms with Gasteiger partial charge in [0, 0.05) is 42.6 Å². The van der Waals surface area contributed by atoms with Gasteiger partial charge in [-0.05, 0) is 59.0 Å². The molecule has 0 bridgehead atoms. The highest BCUT2D eigenvalue weighted by atomic mass is 19.4. The minimum Gasteiger partial charge on any atom is -0.494 e. The molecular formula is C28H26F6N6O2. The first-order valence-corrected chi connectivity index (χ1v) is 13.1. The van der Waals surface area contributed by atoms with Crippen LogP contribution in [0, 0.1) is 0 Å². The summed E-state index contributed by atoms with van der Waals surface area (Å²) in [5.74, 6) is -0.809. The van der Waals surface area contributed by atoms with E-state index in [-0.39, 0.29) is 41.3 Å². The smallest absolute Gasteiger partial charge is 0.416 e. The average molecular weight is 593 g/mol. The Bertz CT molecular complexity index is 1590. The molecule has 222 valence electrons. The van der Waals surface area contributed by atoms with Gasteiger partial charge in [-0.15, -0.1) is 5.10 Å². The van der Waals surface area contributed by atoms with E-state index in [4.69, 9.17) is 4.74 Å². The van der Waals surface area contributed by atoms with Crippen molar-refractivity contribution >= 4 is 28.0 Å². The van der Waals surface area contributed by atoms with Crippen molar-refractivity contribution in [2.45, 2.75) is 50.0 Å². The van der Waals surface area contributed by atoms with Crippen LogP contribution in [0.4, 0.5) is 26.3 Å². The number of carbonyl (C=O) groups excluding carboxylic acids is 1. The fourth-order valence-corrected chi connectivity index (χ4v) is 5.26. The number of H-pyrrole nitrogens is 1. The third-order valence-electron chi connectivity index (χ3n) is 7.31. The molecule has 3 heterocycles. The summed E-state index contributed by atoms with van der Waals surface area (Å²) in [6.07, 6.45) is -8.35. The Morgan fingerprint density at radius 2 is 1.74 bits per heavy atom. The first-order chi connectivity index (χ1) is 19.9. The molecule has 0 fully saturated rings. The first kappa shape index (κ1) is 29.1. The normalized spacial score (nSPS) is 18.0. The molecule has 1 amide bonds. The summed E-state index contributed by atoms with van der Waals surface area (Å²) >= 11 is 0. The highest BCUT2D eigenvalue weighted by Crippen LogP contribution is 2.50. The number of hydrogen-bond acceptors (Lipinski definition) is 5. The predicted octanol–water partition coefficient (Wildman–Crippen LogP) is 6.08. The summed E-state index contributed by atoms with van der Waals surface area (Å²) in [6, 6.07) is 12.3. The molecule has 2 aromatic carbocycles. The first-order valence-electron chi connectivity index (χ1n) is 13.1. The second-order valence-electron chi connectivity index (χ2n) is 10.1. The topological polar surface area (TPSA) is 97.7 Å². The van der Waals surface area contributed by atoms with Crippen LogP contribution in [0.1, 0.15) is 49.1 Å². The molecule has 1 aliphatic rings. The van der Waals surface area contributed by atoms with Gasteiger partial charge in [0.05, 0.1) is 12.2 Å². The summed E-state index contributed by atoms with van der Waals surface area (Å²) in [5.41, 5.74) is -1.78. The Balaban J connectivity index is 1.48. The van der Waals surface area contributed by atoms with E-state index in [1.54, 1.807) is 29.9 Å². The fraction of sp³-hybridized carbons (Fsp3) is 0.357. The van der Waals surface area contributed by atoms with Crippen LogP contribution in [-0.4, -0.2) is 50.1 Å². The van der Waals surface area contributed by atoms with Crippen LogP contribution in [-0.2, 0) is 17.4 Å². The monoisotopic (exact) mass is 592 g/mol. The highest BCUT2D eigenvalue weighted by molar-refractivity contribution is 6.28. The number of hydrogen-bond donors (Lipinski definition) is 2. The zero-order valence-corrected chi connectivity index (χ0v) is 22.3. The van der Waals surface area contributed by atoms with E-state index in [2.05, 4.69) is 25.9 Å². The lowest BCUT2D eigenvalue weighted by Gasteiger charge is -2.41. The van der Waals surface area contributed by atoms with Crippen LogP contribution in [0.5, 0.6) is 5.75 Å². The lowest BCUT2D eigenvalue weighted by Crippen LogP contribution is -2.58. The molecule has 2 aromatic heterocycles. The SMILES string of the molecule is Cn1cc(C2=C(c3nnn[nH]3)C(=O)N[C@@](c3ccc(OCCCCCC(F)(F)F)cc3)(C(F)(F)F)C2)c2ccccc21. The molecule has 5 rings (SSSR count). The maximum atomic E-state index is 15.0. The van der Waals surface area contributed by atoms with E-state index in [1.807, 2.05) is 12.1 Å². The number of amides is 1. The number of fused-ring (bicyclic) bond motifs is 1. The predicted molar refractivity (Wildman–Crippen MR) is 141 cm³/mol. The molecule has 14 heteroatoms. The summed E-state index contributed by atoms with van der Waals surface area (Å²) in [7, 11) is 1.76. The van der Waals surface area contributed by atoms with Gasteiger partial charge in [0.25, 0.3) is 5.91 Å². The number of nitrogens with zero attached hydrogens (tertiary/aromatic N) is 4. The summed E-state index contributed by atoms with van der Waals surface area (Å²) in [4.78, 5) is 13.5. The maximum absolute atomic E-state index is 15.0. The van der Waals surface area contributed by atoms with E-state index in [1.165, 1.54) is 24.3 Å². The van der Waals surface area contributed by atoms with Gasteiger partial charge in [0.2, 0.25) is 0 Å². The third kappa shape index (κ3) is 5.70. The van der Waals surface area contributed by atoms with Gasteiger partial charge in [0.15, 0.2) is 11.4 Å². The van der Waals surface area contributed by atoms with Gasteiger partial charge >= 0.3 is 12.4 Å². The second kappa shape index (κ2) is 11.1. The van der Waals surface area contributed by atoms with Gasteiger partial charge in [-0.3, -0.25) is 4.79 Å². The number of unbranched alkanes of at least 4 members (excludes halogenated alkanes) is 2. The van der Waals surface area contributed by atoms with E-state index >= 15 is 13.2 Å². The number of benzene rings is 2. The lowest BCUT2D eigenvalue weighted by atomic mass is 9.76. The molecule has 42 heavy (non-hydrogen) atoms. The summed E-state index contributed by atoms with van der Waals surface area (Å²) in [5, 5.41) is 16.2. The van der Waals surface area contributed by atoms with Crippen molar-refractivity contribution in [2.24, 2.45) is 7.05 Å². The number of tetrazole rings is 1. The molecule has 0 radical (unpaired) electrons. The third-order valence-corrected chi connectivity index (χ3v) is 7.31. The number of rotatable bonds is 9. The molecule has 1 aliphatic heterocycles. The number of ether oxygens (including phenoxy) is 1. The summed E-state index contributed by atoms with van der Waals surface area (Å²) < 4.78 is 89.3. The minimum atomic E-state index is -4.91. The number of halogens is 6. The van der Waals surface area contributed by atoms with Crippen LogP contribution >= 0.6 is 0 Å². The molecule has 0 saturated heterocycles. The number of para-hydroxylation sites is 1. The van der Waals surface area contributed by atoms with Gasteiger partial charge < -0.3 is 14.6 Å². The number of aromatic nitrogens is 5. The van der Waals surface area contributed by atoms with Crippen molar-refractivity contribution < 1.29 is 35.9 Å².